The van der Waals surface area contributed by atoms with Crippen LogP contribution in [0, 0.1) is 11.3 Å². The van der Waals surface area contributed by atoms with Crippen LogP contribution in [0.4, 0.5) is 0 Å². The van der Waals surface area contributed by atoms with Crippen LogP contribution in [0.1, 0.15) is 39.1 Å². The quantitative estimate of drug-likeness (QED) is 0.691. The Balaban J connectivity index is 1.44. The third-order valence-corrected chi connectivity index (χ3v) is 5.45. The second-order valence-electron chi connectivity index (χ2n) is 7.35. The summed E-state index contributed by atoms with van der Waals surface area (Å²) in [6.07, 6.45) is 4.77. The van der Waals surface area contributed by atoms with Gasteiger partial charge in [0.15, 0.2) is 5.78 Å². The van der Waals surface area contributed by atoms with Gasteiger partial charge in [-0.25, -0.2) is 4.98 Å². The fourth-order valence-corrected chi connectivity index (χ4v) is 4.00. The number of nitrogens with zero attached hydrogens (tertiary/aromatic N) is 3. The number of carbonyl (C=O) groups excluding carboxylic acids is 1. The summed E-state index contributed by atoms with van der Waals surface area (Å²) in [4.78, 5) is 21.5. The highest BCUT2D eigenvalue weighted by atomic mass is 16.1. The van der Waals surface area contributed by atoms with E-state index in [4.69, 9.17) is 10.3 Å². The van der Waals surface area contributed by atoms with Crippen LogP contribution in [-0.4, -0.2) is 16.5 Å². The number of pyridine rings is 1. The second-order valence-corrected chi connectivity index (χ2v) is 7.35. The average molecular weight is 375 g/mol. The molecule has 1 aliphatic carbocycles. The molecular formula is C25H17N3O. The number of allylic oxidation sites excluding steroid dienone is 1. The number of rotatable bonds is 4. The molecule has 0 N–H and O–H groups in total. The molecule has 2 aromatic carbocycles. The summed E-state index contributed by atoms with van der Waals surface area (Å²) in [5.74, 6) is 0.175. The van der Waals surface area contributed by atoms with Gasteiger partial charge in [-0.15, -0.1) is 0 Å². The zero-order valence-corrected chi connectivity index (χ0v) is 15.7. The summed E-state index contributed by atoms with van der Waals surface area (Å²) >= 11 is 0. The Bertz CT molecular complexity index is 1250. The summed E-state index contributed by atoms with van der Waals surface area (Å²) in [6, 6.07) is 19.9. The van der Waals surface area contributed by atoms with E-state index in [9.17, 15) is 4.79 Å². The van der Waals surface area contributed by atoms with Crippen LogP contribution in [0.15, 0.2) is 71.4 Å². The van der Waals surface area contributed by atoms with Crippen molar-refractivity contribution in [1.82, 2.24) is 4.98 Å². The van der Waals surface area contributed by atoms with Crippen LogP contribution >= 0.6 is 0 Å². The first-order valence-corrected chi connectivity index (χ1v) is 9.56. The molecular weight excluding hydrogens is 358 g/mol. The van der Waals surface area contributed by atoms with Crippen LogP contribution in [0.2, 0.25) is 0 Å². The van der Waals surface area contributed by atoms with Crippen molar-refractivity contribution in [2.75, 3.05) is 0 Å². The third-order valence-electron chi connectivity index (χ3n) is 5.45. The van der Waals surface area contributed by atoms with E-state index < -0.39 is 0 Å². The topological polar surface area (TPSA) is 66.1 Å². The van der Waals surface area contributed by atoms with E-state index in [2.05, 4.69) is 23.2 Å². The number of fused-ring (bicyclic) bond motifs is 2. The van der Waals surface area contributed by atoms with Crippen molar-refractivity contribution in [2.45, 2.75) is 19.4 Å². The van der Waals surface area contributed by atoms with Gasteiger partial charge in [-0.2, -0.15) is 5.26 Å². The predicted octanol–water partition coefficient (Wildman–Crippen LogP) is 4.06. The van der Waals surface area contributed by atoms with E-state index >= 15 is 0 Å². The molecule has 0 saturated carbocycles. The Hall–Kier alpha value is -3.84. The van der Waals surface area contributed by atoms with Crippen molar-refractivity contribution in [3.63, 3.8) is 0 Å². The minimum absolute atomic E-state index is 0.175. The SMILES string of the molecule is N#Cc1cc(C2=NCc3cc4c(cc32)C=C(C(=O)Cc2ccccc2)C4)ccn1. The minimum Gasteiger partial charge on any atom is -0.294 e. The van der Waals surface area contributed by atoms with Gasteiger partial charge in [-0.3, -0.25) is 9.79 Å². The van der Waals surface area contributed by atoms with Crippen molar-refractivity contribution in [3.05, 3.63) is 105 Å². The molecule has 3 aromatic rings. The van der Waals surface area contributed by atoms with Crippen LogP contribution in [-0.2, 0) is 24.2 Å². The standard InChI is InChI=1S/C25H17N3O/c26-14-22-12-17(6-7-27-22)25-23-13-19-10-20(9-18(19)11-21(23)15-28-25)24(29)8-16-4-2-1-3-5-16/h1-7,10-13H,8-9,15H2. The normalized spacial score (nSPS) is 13.9. The highest BCUT2D eigenvalue weighted by molar-refractivity contribution is 6.15. The lowest BCUT2D eigenvalue weighted by molar-refractivity contribution is -0.114. The van der Waals surface area contributed by atoms with Crippen molar-refractivity contribution >= 4 is 17.6 Å². The first kappa shape index (κ1) is 17.3. The van der Waals surface area contributed by atoms with Gasteiger partial charge in [-0.1, -0.05) is 36.4 Å². The van der Waals surface area contributed by atoms with E-state index in [1.165, 1.54) is 11.1 Å². The molecule has 138 valence electrons. The Labute approximate surface area is 168 Å². The van der Waals surface area contributed by atoms with E-state index in [1.807, 2.05) is 42.5 Å². The molecule has 0 amide bonds. The van der Waals surface area contributed by atoms with Gasteiger partial charge in [0.25, 0.3) is 0 Å². The monoisotopic (exact) mass is 375 g/mol. The molecule has 0 spiro atoms. The van der Waals surface area contributed by atoms with Gasteiger partial charge in [0.1, 0.15) is 11.8 Å². The van der Waals surface area contributed by atoms with E-state index in [1.54, 1.807) is 12.3 Å². The largest absolute Gasteiger partial charge is 0.294 e. The number of hydrogen-bond acceptors (Lipinski definition) is 4. The summed E-state index contributed by atoms with van der Waals surface area (Å²) in [6.45, 7) is 0.620. The molecule has 1 aliphatic heterocycles. The average Bonchev–Trinajstić information content (AvgIpc) is 3.36. The molecule has 4 nitrogen and oxygen atoms in total. The molecule has 0 unspecified atom stereocenters. The summed E-state index contributed by atoms with van der Waals surface area (Å²) < 4.78 is 0. The van der Waals surface area contributed by atoms with E-state index in [0.29, 0.717) is 25.1 Å². The fourth-order valence-electron chi connectivity index (χ4n) is 4.00. The van der Waals surface area contributed by atoms with Gasteiger partial charge >= 0.3 is 0 Å². The van der Waals surface area contributed by atoms with Gasteiger partial charge < -0.3 is 0 Å². The van der Waals surface area contributed by atoms with Crippen molar-refractivity contribution in [1.29, 1.82) is 5.26 Å². The molecule has 0 radical (unpaired) electrons. The van der Waals surface area contributed by atoms with Crippen molar-refractivity contribution in [2.24, 2.45) is 4.99 Å². The number of ketones is 1. The lowest BCUT2D eigenvalue weighted by atomic mass is 9.95. The number of carbonyl (C=O) groups is 1. The molecule has 0 saturated heterocycles. The molecule has 0 fully saturated rings. The number of aliphatic imine (C=N–C) groups is 1. The Kier molecular flexibility index (Phi) is 4.14. The molecule has 0 bridgehead atoms. The van der Waals surface area contributed by atoms with Crippen LogP contribution < -0.4 is 0 Å². The summed E-state index contributed by atoms with van der Waals surface area (Å²) in [5, 5.41) is 9.12. The Morgan fingerprint density at radius 2 is 1.93 bits per heavy atom. The lowest BCUT2D eigenvalue weighted by Crippen LogP contribution is -2.06. The van der Waals surface area contributed by atoms with Gasteiger partial charge in [0, 0.05) is 35.7 Å². The van der Waals surface area contributed by atoms with Crippen molar-refractivity contribution < 1.29 is 4.79 Å². The van der Waals surface area contributed by atoms with Gasteiger partial charge in [0.2, 0.25) is 0 Å². The summed E-state index contributed by atoms with van der Waals surface area (Å²) in [7, 11) is 0. The molecule has 1 aromatic heterocycles. The maximum Gasteiger partial charge on any atom is 0.163 e. The number of aromatic nitrogens is 1. The highest BCUT2D eigenvalue weighted by Crippen LogP contribution is 2.33. The summed E-state index contributed by atoms with van der Waals surface area (Å²) in [5.41, 5.74) is 8.59. The number of Topliss-reactive ketones (excluding diaryl/α,β-unsaturated/α-hetero) is 1. The minimum atomic E-state index is 0.175. The highest BCUT2D eigenvalue weighted by Gasteiger charge is 2.24. The number of nitriles is 1. The molecule has 4 heteroatoms. The first-order chi connectivity index (χ1) is 14.2. The van der Waals surface area contributed by atoms with Crippen LogP contribution in [0.5, 0.6) is 0 Å². The first-order valence-electron chi connectivity index (χ1n) is 9.56. The molecule has 0 atom stereocenters. The Morgan fingerprint density at radius 1 is 1.07 bits per heavy atom. The maximum atomic E-state index is 12.8. The van der Waals surface area contributed by atoms with E-state index in [0.717, 1.165) is 33.5 Å². The lowest BCUT2D eigenvalue weighted by Gasteiger charge is -2.07. The maximum absolute atomic E-state index is 12.8. The van der Waals surface area contributed by atoms with Crippen molar-refractivity contribution in [3.8, 4) is 6.07 Å². The van der Waals surface area contributed by atoms with Crippen LogP contribution in [0.3, 0.4) is 0 Å². The van der Waals surface area contributed by atoms with Gasteiger partial charge in [0.05, 0.1) is 12.3 Å². The van der Waals surface area contributed by atoms with Crippen LogP contribution in [0.25, 0.3) is 6.08 Å². The predicted molar refractivity (Wildman–Crippen MR) is 112 cm³/mol. The smallest absolute Gasteiger partial charge is 0.163 e. The molecule has 2 heterocycles. The third kappa shape index (κ3) is 3.17. The zero-order chi connectivity index (χ0) is 19.8. The molecule has 2 aliphatic rings. The number of hydrogen-bond donors (Lipinski definition) is 0. The zero-order valence-electron chi connectivity index (χ0n) is 15.7. The second kappa shape index (κ2) is 6.96. The number of benzene rings is 2. The molecule has 5 rings (SSSR count). The van der Waals surface area contributed by atoms with E-state index in [-0.39, 0.29) is 5.78 Å². The van der Waals surface area contributed by atoms with Gasteiger partial charge in [-0.05, 0) is 46.5 Å². The molecule has 29 heavy (non-hydrogen) atoms. The Morgan fingerprint density at radius 3 is 2.76 bits per heavy atom. The fraction of sp³-hybridized carbons (Fsp3) is 0.120.